The van der Waals surface area contributed by atoms with Crippen LogP contribution >= 0.6 is 23.4 Å². The van der Waals surface area contributed by atoms with Gasteiger partial charge in [0.1, 0.15) is 0 Å². The highest BCUT2D eigenvalue weighted by atomic mass is 35.5. The van der Waals surface area contributed by atoms with Crippen LogP contribution in [0.15, 0.2) is 28.8 Å². The number of thioether (sulfide) groups is 1. The van der Waals surface area contributed by atoms with Crippen LogP contribution in [0.25, 0.3) is 11.4 Å². The molecule has 5 nitrogen and oxygen atoms in total. The molecule has 0 spiro atoms. The SMILES string of the molecule is CC(CC(=O)O)SCc1nc(-c2cccc(Cl)c2)no1. The molecule has 0 aliphatic carbocycles. The number of nitrogens with zero attached hydrogens (tertiary/aromatic N) is 2. The molecule has 0 amide bonds. The standard InChI is InChI=1S/C13H13ClN2O3S/c1-8(5-12(17)18)20-7-11-15-13(16-19-11)9-3-2-4-10(14)6-9/h2-4,6,8H,5,7H2,1H3,(H,17,18). The molecule has 0 saturated carbocycles. The van der Waals surface area contributed by atoms with Crippen molar-refractivity contribution in [1.82, 2.24) is 10.1 Å². The van der Waals surface area contributed by atoms with Crippen LogP contribution in [-0.2, 0) is 10.5 Å². The Kier molecular flexibility index (Phi) is 5.03. The van der Waals surface area contributed by atoms with Gasteiger partial charge < -0.3 is 9.63 Å². The molecular formula is C13H13ClN2O3S. The number of carbonyl (C=O) groups is 1. The highest BCUT2D eigenvalue weighted by Crippen LogP contribution is 2.23. The molecule has 1 aromatic carbocycles. The van der Waals surface area contributed by atoms with Crippen LogP contribution in [0, 0.1) is 0 Å². The topological polar surface area (TPSA) is 76.2 Å². The van der Waals surface area contributed by atoms with E-state index in [4.69, 9.17) is 21.2 Å². The van der Waals surface area contributed by atoms with Gasteiger partial charge in [0.05, 0.1) is 12.2 Å². The Hall–Kier alpha value is -1.53. The number of carboxylic acids is 1. The Balaban J connectivity index is 1.97. The maximum absolute atomic E-state index is 10.6. The van der Waals surface area contributed by atoms with E-state index < -0.39 is 5.97 Å². The zero-order valence-electron chi connectivity index (χ0n) is 10.7. The Morgan fingerprint density at radius 3 is 3.05 bits per heavy atom. The summed E-state index contributed by atoms with van der Waals surface area (Å²) in [5.74, 6) is 0.633. The number of carboxylic acid groups (broad SMARTS) is 1. The largest absolute Gasteiger partial charge is 0.481 e. The van der Waals surface area contributed by atoms with Crippen molar-refractivity contribution in [3.63, 3.8) is 0 Å². The van der Waals surface area contributed by atoms with E-state index in [1.807, 2.05) is 19.1 Å². The number of aliphatic carboxylic acids is 1. The number of benzene rings is 1. The minimum Gasteiger partial charge on any atom is -0.481 e. The van der Waals surface area contributed by atoms with E-state index in [0.29, 0.717) is 22.5 Å². The summed E-state index contributed by atoms with van der Waals surface area (Å²) < 4.78 is 5.14. The Bertz CT molecular complexity index is 603. The summed E-state index contributed by atoms with van der Waals surface area (Å²) >= 11 is 7.37. The zero-order chi connectivity index (χ0) is 14.5. The van der Waals surface area contributed by atoms with Crippen molar-refractivity contribution >= 4 is 29.3 Å². The summed E-state index contributed by atoms with van der Waals surface area (Å²) in [5, 5.41) is 13.2. The molecule has 1 N–H and O–H groups in total. The lowest BCUT2D eigenvalue weighted by Crippen LogP contribution is -2.05. The summed E-state index contributed by atoms with van der Waals surface area (Å²) in [5.41, 5.74) is 0.788. The fourth-order valence-corrected chi connectivity index (χ4v) is 2.57. The van der Waals surface area contributed by atoms with E-state index in [9.17, 15) is 4.79 Å². The van der Waals surface area contributed by atoms with Gasteiger partial charge in [-0.2, -0.15) is 4.98 Å². The number of halogens is 1. The van der Waals surface area contributed by atoms with Gasteiger partial charge in [0, 0.05) is 15.8 Å². The molecule has 2 aromatic rings. The third-order valence-electron chi connectivity index (χ3n) is 2.50. The normalized spacial score (nSPS) is 12.3. The van der Waals surface area contributed by atoms with Gasteiger partial charge in [-0.3, -0.25) is 4.79 Å². The van der Waals surface area contributed by atoms with Crippen LogP contribution in [0.2, 0.25) is 5.02 Å². The molecule has 0 aliphatic rings. The van der Waals surface area contributed by atoms with E-state index in [1.165, 1.54) is 11.8 Å². The second-order valence-corrected chi connectivity index (χ2v) is 6.10. The Morgan fingerprint density at radius 2 is 2.35 bits per heavy atom. The van der Waals surface area contributed by atoms with E-state index in [-0.39, 0.29) is 11.7 Å². The van der Waals surface area contributed by atoms with Crippen LogP contribution < -0.4 is 0 Å². The molecule has 7 heteroatoms. The number of rotatable bonds is 6. The molecular weight excluding hydrogens is 300 g/mol. The molecule has 1 aromatic heterocycles. The van der Waals surface area contributed by atoms with E-state index in [0.717, 1.165) is 5.56 Å². The van der Waals surface area contributed by atoms with Gasteiger partial charge in [0.2, 0.25) is 11.7 Å². The van der Waals surface area contributed by atoms with Crippen LogP contribution in [0.3, 0.4) is 0 Å². The molecule has 1 heterocycles. The fourth-order valence-electron chi connectivity index (χ4n) is 1.58. The van der Waals surface area contributed by atoms with Crippen molar-refractivity contribution in [2.45, 2.75) is 24.3 Å². The van der Waals surface area contributed by atoms with Gasteiger partial charge in [-0.15, -0.1) is 11.8 Å². The lowest BCUT2D eigenvalue weighted by atomic mass is 10.2. The van der Waals surface area contributed by atoms with E-state index >= 15 is 0 Å². The first-order valence-electron chi connectivity index (χ1n) is 5.96. The molecule has 0 bridgehead atoms. The second kappa shape index (κ2) is 6.76. The van der Waals surface area contributed by atoms with Crippen LogP contribution in [-0.4, -0.2) is 26.5 Å². The summed E-state index contributed by atoms with van der Waals surface area (Å²) in [6, 6.07) is 7.20. The number of aromatic nitrogens is 2. The van der Waals surface area contributed by atoms with Gasteiger partial charge in [-0.25, -0.2) is 0 Å². The van der Waals surface area contributed by atoms with Gasteiger partial charge in [-0.1, -0.05) is 35.8 Å². The lowest BCUT2D eigenvalue weighted by Gasteiger charge is -2.04. The zero-order valence-corrected chi connectivity index (χ0v) is 12.3. The molecule has 1 atom stereocenters. The van der Waals surface area contributed by atoms with E-state index in [2.05, 4.69) is 10.1 Å². The third kappa shape index (κ3) is 4.25. The summed E-state index contributed by atoms with van der Waals surface area (Å²) in [6.45, 7) is 1.85. The first-order chi connectivity index (χ1) is 9.54. The summed E-state index contributed by atoms with van der Waals surface area (Å²) in [6.07, 6.45) is 0.111. The average molecular weight is 313 g/mol. The third-order valence-corrected chi connectivity index (χ3v) is 3.89. The molecule has 0 aliphatic heterocycles. The van der Waals surface area contributed by atoms with Gasteiger partial charge in [-0.05, 0) is 12.1 Å². The van der Waals surface area contributed by atoms with Crippen LogP contribution in [0.1, 0.15) is 19.2 Å². The van der Waals surface area contributed by atoms with Crippen molar-refractivity contribution in [1.29, 1.82) is 0 Å². The highest BCUT2D eigenvalue weighted by molar-refractivity contribution is 7.99. The molecule has 106 valence electrons. The maximum Gasteiger partial charge on any atom is 0.304 e. The number of hydrogen-bond acceptors (Lipinski definition) is 5. The monoisotopic (exact) mass is 312 g/mol. The van der Waals surface area contributed by atoms with Crippen molar-refractivity contribution in [2.24, 2.45) is 0 Å². The maximum atomic E-state index is 10.6. The molecule has 20 heavy (non-hydrogen) atoms. The van der Waals surface area contributed by atoms with Gasteiger partial charge in [0.25, 0.3) is 0 Å². The van der Waals surface area contributed by atoms with Crippen molar-refractivity contribution in [2.75, 3.05) is 0 Å². The lowest BCUT2D eigenvalue weighted by molar-refractivity contribution is -0.136. The highest BCUT2D eigenvalue weighted by Gasteiger charge is 2.12. The first kappa shape index (κ1) is 14.9. The predicted octanol–water partition coefficient (Wildman–Crippen LogP) is 3.49. The number of hydrogen-bond donors (Lipinski definition) is 1. The van der Waals surface area contributed by atoms with Crippen molar-refractivity contribution < 1.29 is 14.4 Å². The van der Waals surface area contributed by atoms with E-state index in [1.54, 1.807) is 12.1 Å². The Labute approximate surface area is 125 Å². The summed E-state index contributed by atoms with van der Waals surface area (Å²) in [7, 11) is 0. The van der Waals surface area contributed by atoms with Crippen LogP contribution in [0.4, 0.5) is 0 Å². The Morgan fingerprint density at radius 1 is 1.55 bits per heavy atom. The molecule has 1 unspecified atom stereocenters. The molecule has 2 rings (SSSR count). The predicted molar refractivity (Wildman–Crippen MR) is 77.8 cm³/mol. The van der Waals surface area contributed by atoms with Crippen LogP contribution in [0.5, 0.6) is 0 Å². The fraction of sp³-hybridized carbons (Fsp3) is 0.308. The minimum absolute atomic E-state index is 0.00554. The minimum atomic E-state index is -0.810. The summed E-state index contributed by atoms with van der Waals surface area (Å²) in [4.78, 5) is 14.8. The van der Waals surface area contributed by atoms with Crippen molar-refractivity contribution in [3.8, 4) is 11.4 Å². The van der Waals surface area contributed by atoms with Gasteiger partial charge in [0.15, 0.2) is 0 Å². The second-order valence-electron chi connectivity index (χ2n) is 4.24. The smallest absolute Gasteiger partial charge is 0.304 e. The molecule has 0 fully saturated rings. The molecule has 0 radical (unpaired) electrons. The average Bonchev–Trinajstić information content (AvgIpc) is 2.84. The van der Waals surface area contributed by atoms with Gasteiger partial charge >= 0.3 is 5.97 Å². The molecule has 0 saturated heterocycles. The quantitative estimate of drug-likeness (QED) is 0.880. The first-order valence-corrected chi connectivity index (χ1v) is 7.39. The van der Waals surface area contributed by atoms with Crippen molar-refractivity contribution in [3.05, 3.63) is 35.2 Å².